The van der Waals surface area contributed by atoms with Crippen molar-refractivity contribution < 1.29 is 0 Å². The average molecular weight is 549 g/mol. The third kappa shape index (κ3) is 4.60. The maximum absolute atomic E-state index is 5.14. The predicted molar refractivity (Wildman–Crippen MR) is 180 cm³/mol. The SMILES string of the molecule is c1ccc(-c2cc(-c3ccccc3)cc(-c3ccc(-n4c(-c5cccc6ccccc56)nc5ccccc54)cc3)c2)cc1. The summed E-state index contributed by atoms with van der Waals surface area (Å²) in [7, 11) is 0. The van der Waals surface area contributed by atoms with Gasteiger partial charge in [0, 0.05) is 11.3 Å². The van der Waals surface area contributed by atoms with Crippen LogP contribution in [0.4, 0.5) is 0 Å². The maximum atomic E-state index is 5.14. The molecule has 0 saturated heterocycles. The minimum atomic E-state index is 0.947. The highest BCUT2D eigenvalue weighted by molar-refractivity contribution is 5.97. The Kier molecular flexibility index (Phi) is 6.16. The van der Waals surface area contributed by atoms with E-state index in [0.717, 1.165) is 28.1 Å². The van der Waals surface area contributed by atoms with Crippen LogP contribution in [0.1, 0.15) is 0 Å². The number of hydrogen-bond acceptors (Lipinski definition) is 1. The first-order valence-electron chi connectivity index (χ1n) is 14.6. The normalized spacial score (nSPS) is 11.3. The van der Waals surface area contributed by atoms with Gasteiger partial charge in [-0.25, -0.2) is 4.98 Å². The van der Waals surface area contributed by atoms with Crippen molar-refractivity contribution in [1.29, 1.82) is 0 Å². The number of rotatable bonds is 5. The lowest BCUT2D eigenvalue weighted by Crippen LogP contribution is -1.98. The van der Waals surface area contributed by atoms with Gasteiger partial charge in [-0.15, -0.1) is 0 Å². The molecule has 1 heterocycles. The van der Waals surface area contributed by atoms with Crippen molar-refractivity contribution in [2.75, 3.05) is 0 Å². The van der Waals surface area contributed by atoms with Crippen LogP contribution in [0.3, 0.4) is 0 Å². The molecule has 0 atom stereocenters. The zero-order valence-electron chi connectivity index (χ0n) is 23.6. The molecular weight excluding hydrogens is 520 g/mol. The van der Waals surface area contributed by atoms with Crippen molar-refractivity contribution in [3.8, 4) is 50.5 Å². The van der Waals surface area contributed by atoms with Gasteiger partial charge in [0.05, 0.1) is 11.0 Å². The third-order valence-corrected chi connectivity index (χ3v) is 8.20. The van der Waals surface area contributed by atoms with Crippen molar-refractivity contribution in [2.45, 2.75) is 0 Å². The van der Waals surface area contributed by atoms with E-state index in [-0.39, 0.29) is 0 Å². The van der Waals surface area contributed by atoms with Crippen molar-refractivity contribution in [3.05, 3.63) is 170 Å². The molecule has 0 saturated carbocycles. The highest BCUT2D eigenvalue weighted by Crippen LogP contribution is 2.36. The molecule has 8 aromatic rings. The minimum Gasteiger partial charge on any atom is -0.292 e. The Morgan fingerprint density at radius 2 is 0.930 bits per heavy atom. The average Bonchev–Trinajstić information content (AvgIpc) is 3.48. The predicted octanol–water partition coefficient (Wildman–Crippen LogP) is 10.8. The van der Waals surface area contributed by atoms with Crippen LogP contribution in [-0.2, 0) is 0 Å². The van der Waals surface area contributed by atoms with E-state index in [1.54, 1.807) is 0 Å². The zero-order chi connectivity index (χ0) is 28.6. The van der Waals surface area contributed by atoms with E-state index < -0.39 is 0 Å². The van der Waals surface area contributed by atoms with Crippen molar-refractivity contribution in [2.24, 2.45) is 0 Å². The second-order valence-electron chi connectivity index (χ2n) is 10.9. The molecule has 43 heavy (non-hydrogen) atoms. The van der Waals surface area contributed by atoms with Crippen LogP contribution in [0.2, 0.25) is 0 Å². The zero-order valence-corrected chi connectivity index (χ0v) is 23.6. The summed E-state index contributed by atoms with van der Waals surface area (Å²) in [4.78, 5) is 5.14. The second kappa shape index (κ2) is 10.6. The summed E-state index contributed by atoms with van der Waals surface area (Å²) in [6.45, 7) is 0. The lowest BCUT2D eigenvalue weighted by atomic mass is 9.93. The summed E-state index contributed by atoms with van der Waals surface area (Å²) in [6.07, 6.45) is 0. The number of hydrogen-bond donors (Lipinski definition) is 0. The van der Waals surface area contributed by atoms with Gasteiger partial charge in [-0.1, -0.05) is 127 Å². The summed E-state index contributed by atoms with van der Waals surface area (Å²) in [6, 6.07) is 60.4. The Morgan fingerprint density at radius 3 is 1.60 bits per heavy atom. The molecule has 2 nitrogen and oxygen atoms in total. The number of nitrogens with zero attached hydrogens (tertiary/aromatic N) is 2. The first-order chi connectivity index (χ1) is 21.3. The standard InChI is InChI=1S/C41H28N2/c1-3-12-29(13-4-1)33-26-34(30-14-5-2-6-15-30)28-35(27-33)31-22-24-36(25-23-31)43-40-21-10-9-20-39(40)42-41(43)38-19-11-17-32-16-7-8-18-37(32)38/h1-28H. The summed E-state index contributed by atoms with van der Waals surface area (Å²) < 4.78 is 2.29. The quantitative estimate of drug-likeness (QED) is 0.209. The molecule has 202 valence electrons. The Morgan fingerprint density at radius 1 is 0.395 bits per heavy atom. The summed E-state index contributed by atoms with van der Waals surface area (Å²) >= 11 is 0. The second-order valence-corrected chi connectivity index (χ2v) is 10.9. The van der Waals surface area contributed by atoms with Gasteiger partial charge in [0.2, 0.25) is 0 Å². The first-order valence-corrected chi connectivity index (χ1v) is 14.6. The largest absolute Gasteiger partial charge is 0.292 e. The molecule has 0 unspecified atom stereocenters. The van der Waals surface area contributed by atoms with Crippen LogP contribution in [0.25, 0.3) is 72.3 Å². The van der Waals surface area contributed by atoms with Gasteiger partial charge < -0.3 is 0 Å². The van der Waals surface area contributed by atoms with Crippen molar-refractivity contribution in [1.82, 2.24) is 9.55 Å². The Bertz CT molecular complexity index is 2150. The molecule has 0 N–H and O–H groups in total. The fourth-order valence-corrected chi connectivity index (χ4v) is 6.08. The highest BCUT2D eigenvalue weighted by Gasteiger charge is 2.16. The van der Waals surface area contributed by atoms with E-state index in [1.165, 1.54) is 44.2 Å². The molecule has 0 bridgehead atoms. The van der Waals surface area contributed by atoms with Gasteiger partial charge in [-0.05, 0) is 86.6 Å². The monoisotopic (exact) mass is 548 g/mol. The van der Waals surface area contributed by atoms with Crippen LogP contribution in [0.15, 0.2) is 170 Å². The molecule has 0 fully saturated rings. The first kappa shape index (κ1) is 25.0. The molecule has 0 aliphatic heterocycles. The van der Waals surface area contributed by atoms with Gasteiger partial charge in [0.25, 0.3) is 0 Å². The molecule has 7 aromatic carbocycles. The Balaban J connectivity index is 1.27. The lowest BCUT2D eigenvalue weighted by Gasteiger charge is -2.14. The number of aromatic nitrogens is 2. The molecule has 8 rings (SSSR count). The molecule has 0 amide bonds. The number of benzene rings is 7. The third-order valence-electron chi connectivity index (χ3n) is 8.20. The van der Waals surface area contributed by atoms with Gasteiger partial charge in [0.1, 0.15) is 5.82 Å². The number of para-hydroxylation sites is 2. The van der Waals surface area contributed by atoms with E-state index in [2.05, 4.69) is 174 Å². The molecule has 2 heteroatoms. The fourth-order valence-electron chi connectivity index (χ4n) is 6.08. The number of imidazole rings is 1. The summed E-state index contributed by atoms with van der Waals surface area (Å²) in [5, 5.41) is 2.41. The molecule has 0 radical (unpaired) electrons. The van der Waals surface area contributed by atoms with E-state index >= 15 is 0 Å². The van der Waals surface area contributed by atoms with Crippen molar-refractivity contribution >= 4 is 21.8 Å². The van der Waals surface area contributed by atoms with Crippen LogP contribution in [-0.4, -0.2) is 9.55 Å². The lowest BCUT2D eigenvalue weighted by molar-refractivity contribution is 1.11. The van der Waals surface area contributed by atoms with Crippen LogP contribution in [0.5, 0.6) is 0 Å². The van der Waals surface area contributed by atoms with E-state index in [1.807, 2.05) is 0 Å². The Labute approximate surface area is 251 Å². The van der Waals surface area contributed by atoms with Crippen molar-refractivity contribution in [3.63, 3.8) is 0 Å². The molecule has 1 aromatic heterocycles. The van der Waals surface area contributed by atoms with E-state index in [4.69, 9.17) is 4.98 Å². The molecule has 0 spiro atoms. The van der Waals surface area contributed by atoms with Crippen LogP contribution >= 0.6 is 0 Å². The van der Waals surface area contributed by atoms with Crippen LogP contribution in [0, 0.1) is 0 Å². The van der Waals surface area contributed by atoms with Gasteiger partial charge in [-0.3, -0.25) is 4.57 Å². The summed E-state index contributed by atoms with van der Waals surface area (Å²) in [5.41, 5.74) is 11.5. The van der Waals surface area contributed by atoms with Gasteiger partial charge in [0.15, 0.2) is 0 Å². The van der Waals surface area contributed by atoms with Gasteiger partial charge in [-0.2, -0.15) is 0 Å². The van der Waals surface area contributed by atoms with E-state index in [9.17, 15) is 0 Å². The van der Waals surface area contributed by atoms with Crippen LogP contribution < -0.4 is 0 Å². The van der Waals surface area contributed by atoms with Gasteiger partial charge >= 0.3 is 0 Å². The van der Waals surface area contributed by atoms with E-state index in [0.29, 0.717) is 0 Å². The molecular formula is C41H28N2. The molecule has 0 aliphatic carbocycles. The smallest absolute Gasteiger partial charge is 0.146 e. The highest BCUT2D eigenvalue weighted by atomic mass is 15.1. The fraction of sp³-hybridized carbons (Fsp3) is 0. The Hall–Kier alpha value is -5.73. The number of fused-ring (bicyclic) bond motifs is 2. The summed E-state index contributed by atoms with van der Waals surface area (Å²) in [5.74, 6) is 0.947. The minimum absolute atomic E-state index is 0.947. The molecule has 0 aliphatic rings. The topological polar surface area (TPSA) is 17.8 Å². The maximum Gasteiger partial charge on any atom is 0.146 e.